The molecular formula is C19H16N2O8S. The van der Waals surface area contributed by atoms with Gasteiger partial charge in [-0.3, -0.25) is 24.6 Å². The lowest BCUT2D eigenvalue weighted by Crippen LogP contribution is -2.42. The Morgan fingerprint density at radius 1 is 1.27 bits per heavy atom. The van der Waals surface area contributed by atoms with Crippen LogP contribution in [0.5, 0.6) is 5.75 Å². The average molecular weight is 432 g/mol. The van der Waals surface area contributed by atoms with Gasteiger partial charge < -0.3 is 13.9 Å². The van der Waals surface area contributed by atoms with Crippen molar-refractivity contribution < 1.29 is 33.2 Å². The van der Waals surface area contributed by atoms with Crippen molar-refractivity contribution in [2.24, 2.45) is 0 Å². The Hall–Kier alpha value is -3.60. The van der Waals surface area contributed by atoms with Crippen LogP contribution < -0.4 is 4.74 Å². The predicted molar refractivity (Wildman–Crippen MR) is 107 cm³/mol. The van der Waals surface area contributed by atoms with E-state index < -0.39 is 28.1 Å². The smallest absolute Gasteiger partial charge is 0.328 e. The quantitative estimate of drug-likeness (QED) is 0.291. The summed E-state index contributed by atoms with van der Waals surface area (Å²) in [6.45, 7) is 1.40. The summed E-state index contributed by atoms with van der Waals surface area (Å²) in [5, 5.41) is 10.3. The monoisotopic (exact) mass is 432 g/mol. The third-order valence-electron chi connectivity index (χ3n) is 4.31. The van der Waals surface area contributed by atoms with Crippen LogP contribution in [0, 0.1) is 10.1 Å². The number of benzene rings is 1. The number of imide groups is 1. The molecule has 0 bridgehead atoms. The molecule has 30 heavy (non-hydrogen) atoms. The van der Waals surface area contributed by atoms with E-state index in [2.05, 4.69) is 4.74 Å². The Labute approximate surface area is 174 Å². The summed E-state index contributed by atoms with van der Waals surface area (Å²) >= 11 is 0.682. The molecule has 0 spiro atoms. The molecule has 1 aliphatic rings. The number of nitrogens with zero attached hydrogens (tertiary/aromatic N) is 2. The van der Waals surface area contributed by atoms with E-state index in [4.69, 9.17) is 9.15 Å². The lowest BCUT2D eigenvalue weighted by atomic mass is 10.1. The normalized spacial score (nSPS) is 16.1. The summed E-state index contributed by atoms with van der Waals surface area (Å²) in [6.07, 6.45) is 1.39. The predicted octanol–water partition coefficient (Wildman–Crippen LogP) is 3.46. The number of esters is 1. The maximum Gasteiger partial charge on any atom is 0.328 e. The molecular weight excluding hydrogens is 416 g/mol. The Kier molecular flexibility index (Phi) is 5.92. The Balaban J connectivity index is 1.88. The summed E-state index contributed by atoms with van der Waals surface area (Å²) in [4.78, 5) is 47.7. The first-order valence-corrected chi connectivity index (χ1v) is 9.36. The van der Waals surface area contributed by atoms with Gasteiger partial charge in [0.05, 0.1) is 35.7 Å². The number of hydrogen-bond acceptors (Lipinski definition) is 9. The van der Waals surface area contributed by atoms with Gasteiger partial charge in [-0.05, 0) is 36.9 Å². The topological polar surface area (TPSA) is 129 Å². The summed E-state index contributed by atoms with van der Waals surface area (Å²) < 4.78 is 15.5. The van der Waals surface area contributed by atoms with Crippen molar-refractivity contribution in [3.05, 3.63) is 51.1 Å². The van der Waals surface area contributed by atoms with Crippen LogP contribution in [-0.4, -0.2) is 47.2 Å². The Morgan fingerprint density at radius 3 is 2.63 bits per heavy atom. The first kappa shape index (κ1) is 21.1. The molecule has 0 radical (unpaired) electrons. The molecule has 1 fully saturated rings. The van der Waals surface area contributed by atoms with Crippen molar-refractivity contribution >= 4 is 40.6 Å². The maximum atomic E-state index is 12.5. The number of carbonyl (C=O) groups is 3. The van der Waals surface area contributed by atoms with Crippen molar-refractivity contribution in [2.75, 3.05) is 14.2 Å². The van der Waals surface area contributed by atoms with Crippen LogP contribution in [0.25, 0.3) is 17.4 Å². The number of carbonyl (C=O) groups excluding carboxylic acids is 3. The van der Waals surface area contributed by atoms with Gasteiger partial charge in [0.15, 0.2) is 0 Å². The fourth-order valence-electron chi connectivity index (χ4n) is 2.79. The number of nitro benzene ring substituents is 1. The first-order valence-electron chi connectivity index (χ1n) is 8.54. The number of rotatable bonds is 6. The fraction of sp³-hybridized carbons (Fsp3) is 0.211. The molecule has 1 aliphatic heterocycles. The van der Waals surface area contributed by atoms with Gasteiger partial charge in [-0.1, -0.05) is 0 Å². The van der Waals surface area contributed by atoms with E-state index in [1.54, 1.807) is 12.1 Å². The molecule has 11 heteroatoms. The van der Waals surface area contributed by atoms with E-state index in [1.807, 2.05) is 0 Å². The van der Waals surface area contributed by atoms with Crippen molar-refractivity contribution in [2.45, 2.75) is 13.0 Å². The van der Waals surface area contributed by atoms with Gasteiger partial charge >= 0.3 is 5.97 Å². The van der Waals surface area contributed by atoms with Gasteiger partial charge in [-0.2, -0.15) is 0 Å². The minimum absolute atomic E-state index is 0.0901. The van der Waals surface area contributed by atoms with Crippen LogP contribution in [0.1, 0.15) is 12.7 Å². The molecule has 0 saturated carbocycles. The Morgan fingerprint density at radius 2 is 2.00 bits per heavy atom. The lowest BCUT2D eigenvalue weighted by Gasteiger charge is -2.18. The minimum Gasteiger partial charge on any atom is -0.496 e. The largest absolute Gasteiger partial charge is 0.496 e. The number of nitro groups is 1. The van der Waals surface area contributed by atoms with Crippen LogP contribution in [-0.2, 0) is 14.3 Å². The highest BCUT2D eigenvalue weighted by Crippen LogP contribution is 2.37. The van der Waals surface area contributed by atoms with Gasteiger partial charge in [-0.15, -0.1) is 0 Å². The number of methoxy groups -OCH3 is 2. The van der Waals surface area contributed by atoms with Crippen LogP contribution in [0.15, 0.2) is 39.7 Å². The van der Waals surface area contributed by atoms with Crippen molar-refractivity contribution in [3.8, 4) is 17.1 Å². The fourth-order valence-corrected chi connectivity index (χ4v) is 3.68. The zero-order valence-corrected chi connectivity index (χ0v) is 16.9. The second-order valence-corrected chi connectivity index (χ2v) is 7.09. The SMILES string of the molecule is COC(=O)[C@@H](C)N1C(=O)S/C(=C/c2ccc(-c3ccc([N+](=O)[O-])cc3OC)o2)C1=O. The van der Waals surface area contributed by atoms with Gasteiger partial charge in [-0.25, -0.2) is 4.79 Å². The third kappa shape index (κ3) is 3.92. The molecule has 1 atom stereocenters. The van der Waals surface area contributed by atoms with Gasteiger partial charge in [0.2, 0.25) is 0 Å². The number of ether oxygens (including phenoxy) is 2. The van der Waals surface area contributed by atoms with Crippen LogP contribution >= 0.6 is 11.8 Å². The third-order valence-corrected chi connectivity index (χ3v) is 5.20. The Bertz CT molecular complexity index is 1070. The molecule has 2 heterocycles. The first-order chi connectivity index (χ1) is 14.3. The zero-order chi connectivity index (χ0) is 22.0. The second-order valence-electron chi connectivity index (χ2n) is 6.09. The van der Waals surface area contributed by atoms with Gasteiger partial charge in [0, 0.05) is 12.1 Å². The van der Waals surface area contributed by atoms with Crippen LogP contribution in [0.2, 0.25) is 0 Å². The molecule has 1 aromatic carbocycles. The van der Waals surface area contributed by atoms with E-state index in [1.165, 1.54) is 45.4 Å². The van der Waals surface area contributed by atoms with E-state index in [9.17, 15) is 24.5 Å². The highest BCUT2D eigenvalue weighted by Gasteiger charge is 2.41. The molecule has 1 aromatic heterocycles. The van der Waals surface area contributed by atoms with E-state index in [0.29, 0.717) is 23.1 Å². The standard InChI is InChI=1S/C19H16N2O8S/c1-10(18(23)28-3)20-17(22)16(30-19(20)24)9-12-5-7-14(29-12)13-6-4-11(21(25)26)8-15(13)27-2/h4-10H,1-3H3/b16-9+/t10-/m1/s1. The number of furan rings is 1. The summed E-state index contributed by atoms with van der Waals surface area (Å²) in [5.41, 5.74) is 0.353. The number of non-ortho nitro benzene ring substituents is 1. The summed E-state index contributed by atoms with van der Waals surface area (Å²) in [7, 11) is 2.55. The number of thioether (sulfide) groups is 1. The van der Waals surface area contributed by atoms with Crippen LogP contribution in [0.4, 0.5) is 10.5 Å². The zero-order valence-electron chi connectivity index (χ0n) is 16.1. The molecule has 2 aromatic rings. The van der Waals surface area contributed by atoms with E-state index in [-0.39, 0.29) is 22.1 Å². The molecule has 2 amide bonds. The summed E-state index contributed by atoms with van der Waals surface area (Å²) in [5.74, 6) is -0.452. The lowest BCUT2D eigenvalue weighted by molar-refractivity contribution is -0.384. The number of hydrogen-bond donors (Lipinski definition) is 0. The van der Waals surface area contributed by atoms with E-state index in [0.717, 1.165) is 4.90 Å². The molecule has 0 unspecified atom stereocenters. The van der Waals surface area contributed by atoms with Crippen molar-refractivity contribution in [1.29, 1.82) is 0 Å². The van der Waals surface area contributed by atoms with E-state index >= 15 is 0 Å². The molecule has 3 rings (SSSR count). The van der Waals surface area contributed by atoms with Crippen LogP contribution in [0.3, 0.4) is 0 Å². The second kappa shape index (κ2) is 8.41. The molecule has 156 valence electrons. The van der Waals surface area contributed by atoms with Gasteiger partial charge in [0.25, 0.3) is 16.8 Å². The molecule has 0 aliphatic carbocycles. The average Bonchev–Trinajstić information content (AvgIpc) is 3.30. The highest BCUT2D eigenvalue weighted by atomic mass is 32.2. The number of amides is 2. The van der Waals surface area contributed by atoms with Crippen molar-refractivity contribution in [3.63, 3.8) is 0 Å². The van der Waals surface area contributed by atoms with Gasteiger partial charge in [0.1, 0.15) is 23.3 Å². The molecule has 1 saturated heterocycles. The maximum absolute atomic E-state index is 12.5. The molecule has 0 N–H and O–H groups in total. The van der Waals surface area contributed by atoms with Crippen molar-refractivity contribution in [1.82, 2.24) is 4.90 Å². The summed E-state index contributed by atoms with van der Waals surface area (Å²) in [6, 6.07) is 6.22. The molecule has 10 nitrogen and oxygen atoms in total. The highest BCUT2D eigenvalue weighted by molar-refractivity contribution is 8.18. The minimum atomic E-state index is -1.05.